The van der Waals surface area contributed by atoms with E-state index in [0.29, 0.717) is 36.6 Å². The van der Waals surface area contributed by atoms with Crippen LogP contribution >= 0.6 is 0 Å². The van der Waals surface area contributed by atoms with Crippen molar-refractivity contribution in [2.45, 2.75) is 52.1 Å². The molecule has 3 aromatic rings. The van der Waals surface area contributed by atoms with Gasteiger partial charge in [0.1, 0.15) is 29.6 Å². The Kier molecular flexibility index (Phi) is 7.56. The zero-order valence-corrected chi connectivity index (χ0v) is 21.9. The predicted octanol–water partition coefficient (Wildman–Crippen LogP) is 5.06. The minimum Gasteiger partial charge on any atom is -0.496 e. The van der Waals surface area contributed by atoms with Crippen molar-refractivity contribution in [3.8, 4) is 22.6 Å². The number of benzene rings is 2. The first-order valence-electron chi connectivity index (χ1n) is 13.4. The Bertz CT molecular complexity index is 1260. The molecule has 1 aliphatic heterocycles. The lowest BCUT2D eigenvalue weighted by molar-refractivity contribution is -0.927. The molecule has 2 aromatic carbocycles. The van der Waals surface area contributed by atoms with Gasteiger partial charge in [-0.2, -0.15) is 0 Å². The van der Waals surface area contributed by atoms with Crippen molar-refractivity contribution in [3.05, 3.63) is 77.4 Å². The molecule has 37 heavy (non-hydrogen) atoms. The van der Waals surface area contributed by atoms with Crippen LogP contribution in [0.15, 0.2) is 54.7 Å². The number of ketones is 1. The van der Waals surface area contributed by atoms with Gasteiger partial charge in [-0.05, 0) is 80.1 Å². The SMILES string of the molecule is CCOc1cc(C[NH+]2CC[C@H]3C(CC(=O)c4cc(C)ccn4)CC[C@H]32)cc(OC)c1-c1ccc(F)cc1. The summed E-state index contributed by atoms with van der Waals surface area (Å²) in [6.45, 7) is 6.50. The lowest BCUT2D eigenvalue weighted by atomic mass is 9.88. The van der Waals surface area contributed by atoms with E-state index in [1.807, 2.05) is 26.0 Å². The number of nitrogens with zero attached hydrogens (tertiary/aromatic N) is 1. The number of aromatic nitrogens is 1. The van der Waals surface area contributed by atoms with E-state index >= 15 is 0 Å². The first kappa shape index (κ1) is 25.4. The number of carbonyl (C=O) groups is 1. The summed E-state index contributed by atoms with van der Waals surface area (Å²) in [5.74, 6) is 2.42. The number of quaternary nitrogens is 1. The van der Waals surface area contributed by atoms with Crippen LogP contribution in [0.1, 0.15) is 54.2 Å². The molecule has 2 aliphatic rings. The Hall–Kier alpha value is -3.25. The first-order chi connectivity index (χ1) is 18.0. The molecule has 0 spiro atoms. The van der Waals surface area contributed by atoms with Gasteiger partial charge in [0.15, 0.2) is 5.78 Å². The summed E-state index contributed by atoms with van der Waals surface area (Å²) in [5, 5.41) is 0. The van der Waals surface area contributed by atoms with Gasteiger partial charge >= 0.3 is 0 Å². The molecule has 5 nitrogen and oxygen atoms in total. The number of likely N-dealkylation sites (tertiary alicyclic amines) is 1. The third kappa shape index (κ3) is 5.40. The maximum Gasteiger partial charge on any atom is 0.181 e. The zero-order chi connectivity index (χ0) is 25.9. The highest BCUT2D eigenvalue weighted by Crippen LogP contribution is 2.41. The lowest BCUT2D eigenvalue weighted by Gasteiger charge is -2.23. The number of methoxy groups -OCH3 is 1. The van der Waals surface area contributed by atoms with Gasteiger partial charge in [0.05, 0.1) is 31.9 Å². The Morgan fingerprint density at radius 1 is 1.08 bits per heavy atom. The molecule has 1 aliphatic carbocycles. The number of Topliss-reactive ketones (excluding diaryl/α,β-unsaturated/α-hetero) is 1. The fraction of sp³-hybridized carbons (Fsp3) is 0.419. The minimum absolute atomic E-state index is 0.172. The van der Waals surface area contributed by atoms with Gasteiger partial charge in [0.2, 0.25) is 0 Å². The molecular formula is C31H36FN2O3+. The van der Waals surface area contributed by atoms with Crippen molar-refractivity contribution >= 4 is 5.78 Å². The van der Waals surface area contributed by atoms with Gasteiger partial charge in [-0.15, -0.1) is 0 Å². The smallest absolute Gasteiger partial charge is 0.181 e. The Labute approximate surface area is 218 Å². The molecule has 6 heteroatoms. The van der Waals surface area contributed by atoms with Crippen molar-refractivity contribution in [3.63, 3.8) is 0 Å². The Morgan fingerprint density at radius 2 is 1.86 bits per heavy atom. The second-order valence-electron chi connectivity index (χ2n) is 10.4. The van der Waals surface area contributed by atoms with Crippen LogP contribution in [0.3, 0.4) is 0 Å². The van der Waals surface area contributed by atoms with Gasteiger partial charge in [0.25, 0.3) is 0 Å². The second-order valence-corrected chi connectivity index (χ2v) is 10.4. The van der Waals surface area contributed by atoms with Crippen LogP contribution in [0.25, 0.3) is 11.1 Å². The molecule has 1 saturated heterocycles. The molecule has 0 radical (unpaired) electrons. The van der Waals surface area contributed by atoms with Crippen molar-refractivity contribution in [1.29, 1.82) is 0 Å². The van der Waals surface area contributed by atoms with E-state index in [4.69, 9.17) is 9.47 Å². The molecular weight excluding hydrogens is 467 g/mol. The third-order valence-electron chi connectivity index (χ3n) is 8.15. The summed E-state index contributed by atoms with van der Waals surface area (Å²) in [5.41, 5.74) is 4.57. The predicted molar refractivity (Wildman–Crippen MR) is 142 cm³/mol. The maximum atomic E-state index is 13.5. The molecule has 0 amide bonds. The normalized spacial score (nSPS) is 22.6. The molecule has 1 N–H and O–H groups in total. The molecule has 5 rings (SSSR count). The molecule has 2 heterocycles. The fourth-order valence-corrected chi connectivity index (χ4v) is 6.48. The maximum absolute atomic E-state index is 13.5. The van der Waals surface area contributed by atoms with Crippen LogP contribution in [-0.2, 0) is 6.54 Å². The van der Waals surface area contributed by atoms with E-state index < -0.39 is 0 Å². The first-order valence-corrected chi connectivity index (χ1v) is 13.4. The highest BCUT2D eigenvalue weighted by Gasteiger charge is 2.47. The summed E-state index contributed by atoms with van der Waals surface area (Å²) in [4.78, 5) is 18.8. The van der Waals surface area contributed by atoms with E-state index in [-0.39, 0.29) is 11.6 Å². The summed E-state index contributed by atoms with van der Waals surface area (Å²) >= 11 is 0. The number of halogens is 1. The van der Waals surface area contributed by atoms with Crippen molar-refractivity contribution in [2.75, 3.05) is 20.3 Å². The second kappa shape index (κ2) is 11.0. The van der Waals surface area contributed by atoms with Gasteiger partial charge in [0, 0.05) is 30.5 Å². The largest absolute Gasteiger partial charge is 0.496 e. The lowest BCUT2D eigenvalue weighted by Crippen LogP contribution is -3.12. The zero-order valence-electron chi connectivity index (χ0n) is 21.9. The number of nitrogens with one attached hydrogen (secondary N) is 1. The number of fused-ring (bicyclic) bond motifs is 1. The molecule has 1 aromatic heterocycles. The van der Waals surface area contributed by atoms with Crippen LogP contribution < -0.4 is 14.4 Å². The molecule has 2 fully saturated rings. The van der Waals surface area contributed by atoms with Crippen molar-refractivity contribution < 1.29 is 23.6 Å². The standard InChI is InChI=1S/C31H35FN2O3/c1-4-37-30-17-21(16-29(36-3)31(30)22-5-8-24(32)9-6-22)19-34-14-12-25-23(7-10-27(25)34)18-28(35)26-15-20(2)11-13-33-26/h5-6,8-9,11,13,15-17,23,25,27H,4,7,10,12,14,18-19H2,1-3H3/p+1/t23?,25-,27+/m0/s1. The number of hydrogen-bond acceptors (Lipinski definition) is 4. The third-order valence-corrected chi connectivity index (χ3v) is 8.15. The minimum atomic E-state index is -0.267. The fourth-order valence-electron chi connectivity index (χ4n) is 6.48. The molecule has 1 saturated carbocycles. The summed E-state index contributed by atoms with van der Waals surface area (Å²) in [6, 6.07) is 15.1. The molecule has 4 atom stereocenters. The summed E-state index contributed by atoms with van der Waals surface area (Å²) in [6.07, 6.45) is 5.74. The van der Waals surface area contributed by atoms with Gasteiger partial charge in [-0.25, -0.2) is 4.39 Å². The molecule has 194 valence electrons. The van der Waals surface area contributed by atoms with Crippen LogP contribution in [0.2, 0.25) is 0 Å². The van der Waals surface area contributed by atoms with E-state index in [1.165, 1.54) is 17.7 Å². The van der Waals surface area contributed by atoms with E-state index in [2.05, 4.69) is 17.1 Å². The van der Waals surface area contributed by atoms with Gasteiger partial charge in [-0.1, -0.05) is 12.1 Å². The Balaban J connectivity index is 1.32. The van der Waals surface area contributed by atoms with Crippen LogP contribution in [0.4, 0.5) is 4.39 Å². The Morgan fingerprint density at radius 3 is 2.59 bits per heavy atom. The monoisotopic (exact) mass is 503 g/mol. The highest BCUT2D eigenvalue weighted by atomic mass is 19.1. The number of carbonyl (C=O) groups excluding carboxylic acids is 1. The van der Waals surface area contributed by atoms with Gasteiger partial charge in [-0.3, -0.25) is 9.78 Å². The number of pyridine rings is 1. The topological polar surface area (TPSA) is 52.9 Å². The van der Waals surface area contributed by atoms with Crippen molar-refractivity contribution in [1.82, 2.24) is 4.98 Å². The quantitative estimate of drug-likeness (QED) is 0.415. The van der Waals surface area contributed by atoms with E-state index in [9.17, 15) is 9.18 Å². The number of aryl methyl sites for hydroxylation is 1. The number of rotatable bonds is 9. The van der Waals surface area contributed by atoms with E-state index in [0.717, 1.165) is 60.5 Å². The van der Waals surface area contributed by atoms with Crippen LogP contribution in [0.5, 0.6) is 11.5 Å². The van der Waals surface area contributed by atoms with Gasteiger partial charge < -0.3 is 14.4 Å². The number of hydrogen-bond donors (Lipinski definition) is 1. The average Bonchev–Trinajstić information content (AvgIpc) is 3.48. The number of ether oxygens (including phenoxy) is 2. The average molecular weight is 504 g/mol. The van der Waals surface area contributed by atoms with E-state index in [1.54, 1.807) is 30.3 Å². The molecule has 0 bridgehead atoms. The highest BCUT2D eigenvalue weighted by molar-refractivity contribution is 5.94. The van der Waals surface area contributed by atoms with Crippen LogP contribution in [0, 0.1) is 24.6 Å². The molecule has 2 unspecified atom stereocenters. The summed E-state index contributed by atoms with van der Waals surface area (Å²) in [7, 11) is 1.67. The van der Waals surface area contributed by atoms with Crippen LogP contribution in [-0.4, -0.2) is 37.1 Å². The van der Waals surface area contributed by atoms with Crippen molar-refractivity contribution in [2.24, 2.45) is 11.8 Å². The summed E-state index contributed by atoms with van der Waals surface area (Å²) < 4.78 is 25.4.